The Labute approximate surface area is 217 Å². The number of fused-ring (bicyclic) bond motifs is 1. The Morgan fingerprint density at radius 2 is 2.03 bits per heavy atom. The predicted octanol–water partition coefficient (Wildman–Crippen LogP) is 3.51. The lowest BCUT2D eigenvalue weighted by Gasteiger charge is -2.26. The van der Waals surface area contributed by atoms with Crippen molar-refractivity contribution < 1.29 is 23.1 Å². The van der Waals surface area contributed by atoms with Gasteiger partial charge in [-0.15, -0.1) is 0 Å². The third-order valence-electron chi connectivity index (χ3n) is 6.30. The van der Waals surface area contributed by atoms with Gasteiger partial charge in [0.05, 0.1) is 29.3 Å². The molecule has 37 heavy (non-hydrogen) atoms. The van der Waals surface area contributed by atoms with Gasteiger partial charge in [-0.25, -0.2) is 18.4 Å². The number of aromatic nitrogens is 3. The van der Waals surface area contributed by atoms with Gasteiger partial charge < -0.3 is 20.5 Å². The number of hydrogen-bond acceptors (Lipinski definition) is 10. The summed E-state index contributed by atoms with van der Waals surface area (Å²) in [6.45, 7) is 1.93. The molecule has 1 amide bonds. The number of sulfone groups is 1. The highest BCUT2D eigenvalue weighted by Gasteiger charge is 2.37. The summed E-state index contributed by atoms with van der Waals surface area (Å²) in [6.07, 6.45) is 3.25. The number of benzene rings is 1. The van der Waals surface area contributed by atoms with Gasteiger partial charge in [0, 0.05) is 48.4 Å². The number of nitrogens with one attached hydrogen (secondary N) is 2. The van der Waals surface area contributed by atoms with E-state index < -0.39 is 15.3 Å². The smallest absolute Gasteiger partial charge is 0.222 e. The van der Waals surface area contributed by atoms with Gasteiger partial charge in [0.2, 0.25) is 5.91 Å². The maximum Gasteiger partial charge on any atom is 0.222 e. The zero-order valence-electron chi connectivity index (χ0n) is 20.2. The first-order chi connectivity index (χ1) is 17.7. The molecule has 0 aliphatic carbocycles. The average Bonchev–Trinajstić information content (AvgIpc) is 3.51. The van der Waals surface area contributed by atoms with Crippen molar-refractivity contribution in [3.63, 3.8) is 0 Å². The van der Waals surface area contributed by atoms with Crippen LogP contribution in [0.15, 0.2) is 53.7 Å². The number of aliphatic hydroxyl groups excluding tert-OH is 1. The first kappa shape index (κ1) is 25.2. The SMILES string of the molecule is CC(=O)Nc1cc(Nc2cc(C3(CO)CCOC3)cc(S(C)(=O)=O)n2)c(-c2nsc3ccccc23)cn1. The molecular formula is C25H25N5O5S2. The van der Waals surface area contributed by atoms with E-state index in [0.717, 1.165) is 16.3 Å². The standard InChI is InChI=1S/C25H25N5O5S2/c1-15(32)27-21-11-19(18(12-26-21)24-17-5-3-4-6-20(17)36-30-24)28-22-9-16(10-23(29-22)37(2,33)34)25(13-31)7-8-35-14-25/h3-6,9-12,31H,7-8,13-14H2,1-2H3,(H2,26,27,28,29,32). The third-order valence-corrected chi connectivity index (χ3v) is 8.10. The summed E-state index contributed by atoms with van der Waals surface area (Å²) in [5, 5.41) is 16.9. The van der Waals surface area contributed by atoms with Crippen LogP contribution in [0.5, 0.6) is 0 Å². The van der Waals surface area contributed by atoms with Crippen LogP contribution in [0.25, 0.3) is 21.3 Å². The van der Waals surface area contributed by atoms with Crippen LogP contribution in [0.3, 0.4) is 0 Å². The molecule has 12 heteroatoms. The Bertz CT molecular complexity index is 1600. The van der Waals surface area contributed by atoms with Crippen molar-refractivity contribution in [3.8, 4) is 11.3 Å². The fourth-order valence-electron chi connectivity index (χ4n) is 4.33. The van der Waals surface area contributed by atoms with Gasteiger partial charge >= 0.3 is 0 Å². The highest BCUT2D eigenvalue weighted by atomic mass is 32.2. The van der Waals surface area contributed by atoms with Crippen LogP contribution in [0.4, 0.5) is 17.3 Å². The van der Waals surface area contributed by atoms with Gasteiger partial charge in [0.1, 0.15) is 11.6 Å². The quantitative estimate of drug-likeness (QED) is 0.321. The maximum absolute atomic E-state index is 12.5. The number of nitrogens with zero attached hydrogens (tertiary/aromatic N) is 3. The van der Waals surface area contributed by atoms with Gasteiger partial charge in [0.15, 0.2) is 14.9 Å². The minimum Gasteiger partial charge on any atom is -0.395 e. The minimum atomic E-state index is -3.66. The van der Waals surface area contributed by atoms with E-state index in [0.29, 0.717) is 41.4 Å². The molecule has 0 saturated carbocycles. The molecule has 0 bridgehead atoms. The largest absolute Gasteiger partial charge is 0.395 e. The molecule has 3 aromatic heterocycles. The average molecular weight is 540 g/mol. The topological polar surface area (TPSA) is 143 Å². The normalized spacial score (nSPS) is 17.7. The van der Waals surface area contributed by atoms with Crippen molar-refractivity contribution in [2.75, 3.05) is 36.7 Å². The number of pyridine rings is 2. The summed E-state index contributed by atoms with van der Waals surface area (Å²) < 4.78 is 36.2. The van der Waals surface area contributed by atoms with Crippen molar-refractivity contribution in [2.24, 2.45) is 0 Å². The molecule has 1 aliphatic heterocycles. The van der Waals surface area contributed by atoms with E-state index in [2.05, 4.69) is 25.0 Å². The van der Waals surface area contributed by atoms with Gasteiger partial charge in [-0.1, -0.05) is 18.2 Å². The van der Waals surface area contributed by atoms with E-state index in [-0.39, 0.29) is 30.0 Å². The van der Waals surface area contributed by atoms with E-state index in [1.807, 2.05) is 24.3 Å². The van der Waals surface area contributed by atoms with Crippen molar-refractivity contribution in [1.82, 2.24) is 14.3 Å². The highest BCUT2D eigenvalue weighted by molar-refractivity contribution is 7.90. The van der Waals surface area contributed by atoms with Crippen LogP contribution in [0.2, 0.25) is 0 Å². The van der Waals surface area contributed by atoms with Crippen LogP contribution in [0, 0.1) is 0 Å². The zero-order chi connectivity index (χ0) is 26.2. The van der Waals surface area contributed by atoms with Crippen LogP contribution in [-0.4, -0.2) is 59.8 Å². The number of hydrogen-bond donors (Lipinski definition) is 3. The van der Waals surface area contributed by atoms with Crippen molar-refractivity contribution in [1.29, 1.82) is 0 Å². The van der Waals surface area contributed by atoms with Crippen molar-refractivity contribution in [3.05, 3.63) is 54.2 Å². The molecule has 0 spiro atoms. The minimum absolute atomic E-state index is 0.121. The molecule has 3 N–H and O–H groups in total. The van der Waals surface area contributed by atoms with E-state index in [9.17, 15) is 18.3 Å². The molecule has 1 atom stereocenters. The third kappa shape index (κ3) is 5.05. The summed E-state index contributed by atoms with van der Waals surface area (Å²) in [6, 6.07) is 12.7. The lowest BCUT2D eigenvalue weighted by Crippen LogP contribution is -2.31. The summed E-state index contributed by atoms with van der Waals surface area (Å²) >= 11 is 1.35. The van der Waals surface area contributed by atoms with Gasteiger partial charge in [-0.05, 0) is 41.7 Å². The van der Waals surface area contributed by atoms with Crippen molar-refractivity contribution in [2.45, 2.75) is 23.8 Å². The molecule has 4 heterocycles. The molecule has 1 aromatic carbocycles. The number of anilines is 3. The molecule has 1 unspecified atom stereocenters. The Kier molecular flexibility index (Phi) is 6.67. The van der Waals surface area contributed by atoms with Crippen LogP contribution < -0.4 is 10.6 Å². The van der Waals surface area contributed by atoms with Gasteiger partial charge in [0.25, 0.3) is 0 Å². The fourth-order valence-corrected chi connectivity index (χ4v) is 5.72. The molecule has 10 nitrogen and oxygen atoms in total. The van der Waals surface area contributed by atoms with Gasteiger partial charge in [-0.3, -0.25) is 4.79 Å². The van der Waals surface area contributed by atoms with Crippen LogP contribution in [-0.2, 0) is 24.8 Å². The second-order valence-electron chi connectivity index (χ2n) is 9.04. The van der Waals surface area contributed by atoms with Gasteiger partial charge in [-0.2, -0.15) is 4.37 Å². The lowest BCUT2D eigenvalue weighted by atomic mass is 9.81. The number of carbonyl (C=O) groups is 1. The Hall–Kier alpha value is -3.45. The van der Waals surface area contributed by atoms with E-state index in [1.54, 1.807) is 18.3 Å². The molecule has 4 aromatic rings. The molecule has 1 fully saturated rings. The number of amides is 1. The van der Waals surface area contributed by atoms with E-state index in [1.165, 1.54) is 24.5 Å². The monoisotopic (exact) mass is 539 g/mol. The maximum atomic E-state index is 12.5. The summed E-state index contributed by atoms with van der Waals surface area (Å²) in [5.74, 6) is 0.295. The summed E-state index contributed by atoms with van der Waals surface area (Å²) in [4.78, 5) is 20.4. The molecule has 1 saturated heterocycles. The zero-order valence-corrected chi connectivity index (χ0v) is 21.8. The highest BCUT2D eigenvalue weighted by Crippen LogP contribution is 2.39. The molecule has 192 valence electrons. The van der Waals surface area contributed by atoms with Crippen molar-refractivity contribution >= 4 is 54.7 Å². The first-order valence-corrected chi connectivity index (χ1v) is 14.2. The summed E-state index contributed by atoms with van der Waals surface area (Å²) in [5.41, 5.74) is 1.76. The molecule has 1 aliphatic rings. The second-order valence-corrected chi connectivity index (χ2v) is 11.8. The van der Waals surface area contributed by atoms with E-state index >= 15 is 0 Å². The Balaban J connectivity index is 1.66. The molecular weight excluding hydrogens is 514 g/mol. The van der Waals surface area contributed by atoms with E-state index in [4.69, 9.17) is 4.74 Å². The fraction of sp³-hybridized carbons (Fsp3) is 0.280. The van der Waals surface area contributed by atoms with Crippen LogP contribution in [0.1, 0.15) is 18.9 Å². The summed E-state index contributed by atoms with van der Waals surface area (Å²) in [7, 11) is -3.66. The number of carbonyl (C=O) groups excluding carboxylic acids is 1. The number of aliphatic hydroxyl groups is 1. The lowest BCUT2D eigenvalue weighted by molar-refractivity contribution is -0.114. The number of rotatable bonds is 7. The predicted molar refractivity (Wildman–Crippen MR) is 142 cm³/mol. The first-order valence-electron chi connectivity index (χ1n) is 11.5. The Morgan fingerprint density at radius 3 is 2.73 bits per heavy atom. The second kappa shape index (κ2) is 9.78. The molecule has 0 radical (unpaired) electrons. The molecule has 5 rings (SSSR count). The number of ether oxygens (including phenoxy) is 1. The van der Waals surface area contributed by atoms with Crippen LogP contribution >= 0.6 is 11.5 Å². The Morgan fingerprint density at radius 1 is 1.22 bits per heavy atom.